The van der Waals surface area contributed by atoms with Crippen molar-refractivity contribution in [2.45, 2.75) is 25.8 Å². The molecule has 0 fully saturated rings. The summed E-state index contributed by atoms with van der Waals surface area (Å²) in [5.74, 6) is 8.88. The van der Waals surface area contributed by atoms with Gasteiger partial charge in [-0.15, -0.1) is 0 Å². The van der Waals surface area contributed by atoms with Crippen LogP contribution in [0.1, 0.15) is 30.5 Å². The minimum atomic E-state index is 0.180. The molecule has 2 rings (SSSR count). The summed E-state index contributed by atoms with van der Waals surface area (Å²) in [6, 6.07) is 6.52. The molecule has 1 unspecified atom stereocenters. The molecule has 0 radical (unpaired) electrons. The highest BCUT2D eigenvalue weighted by Crippen LogP contribution is 2.34. The largest absolute Gasteiger partial charge is 0.493 e. The molecule has 0 amide bonds. The monoisotopic (exact) mass is 252 g/mol. The van der Waals surface area contributed by atoms with E-state index in [-0.39, 0.29) is 6.04 Å². The van der Waals surface area contributed by atoms with Crippen LogP contribution in [-0.2, 0) is 6.42 Å². The summed E-state index contributed by atoms with van der Waals surface area (Å²) in [5, 5.41) is 0. The molecule has 3 N–H and O–H groups in total. The second-order valence-electron chi connectivity index (χ2n) is 4.23. The number of nitrogens with one attached hydrogen (secondary N) is 1. The molecular formula is C13H20N2OS. The summed E-state index contributed by atoms with van der Waals surface area (Å²) in [4.78, 5) is 0. The molecule has 1 aromatic rings. The molecule has 1 atom stereocenters. The van der Waals surface area contributed by atoms with E-state index in [0.717, 1.165) is 24.5 Å². The molecule has 0 saturated heterocycles. The summed E-state index contributed by atoms with van der Waals surface area (Å²) in [7, 11) is 0. The van der Waals surface area contributed by atoms with Crippen LogP contribution in [0.3, 0.4) is 0 Å². The average Bonchev–Trinajstić information content (AvgIpc) is 2.83. The van der Waals surface area contributed by atoms with Crippen LogP contribution < -0.4 is 16.0 Å². The van der Waals surface area contributed by atoms with Crippen molar-refractivity contribution < 1.29 is 4.74 Å². The van der Waals surface area contributed by atoms with Crippen LogP contribution in [0.15, 0.2) is 18.2 Å². The average molecular weight is 252 g/mol. The van der Waals surface area contributed by atoms with Gasteiger partial charge in [0.05, 0.1) is 12.6 Å². The van der Waals surface area contributed by atoms with Gasteiger partial charge in [-0.1, -0.05) is 25.1 Å². The summed E-state index contributed by atoms with van der Waals surface area (Å²) < 4.78 is 5.71. The Bertz CT molecular complexity index is 370. The molecule has 1 aromatic carbocycles. The van der Waals surface area contributed by atoms with E-state index in [1.807, 2.05) is 11.8 Å². The topological polar surface area (TPSA) is 47.3 Å². The van der Waals surface area contributed by atoms with Gasteiger partial charge in [-0.25, -0.2) is 0 Å². The van der Waals surface area contributed by atoms with E-state index in [9.17, 15) is 0 Å². The van der Waals surface area contributed by atoms with Gasteiger partial charge in [0.1, 0.15) is 5.75 Å². The first-order valence-corrected chi connectivity index (χ1v) is 7.30. The molecule has 0 saturated carbocycles. The van der Waals surface area contributed by atoms with Gasteiger partial charge in [0, 0.05) is 17.7 Å². The second-order valence-corrected chi connectivity index (χ2v) is 5.38. The normalized spacial score (nSPS) is 15.4. The van der Waals surface area contributed by atoms with E-state index in [4.69, 9.17) is 10.6 Å². The van der Waals surface area contributed by atoms with Gasteiger partial charge in [-0.2, -0.15) is 11.8 Å². The Kier molecular flexibility index (Phi) is 4.71. The molecular weight excluding hydrogens is 232 g/mol. The SMILES string of the molecule is CCCSCC(NN)c1cccc2c1OCC2. The fraction of sp³-hybridized carbons (Fsp3) is 0.538. The third kappa shape index (κ3) is 2.94. The number of hydrogen-bond acceptors (Lipinski definition) is 4. The fourth-order valence-corrected chi connectivity index (χ4v) is 3.06. The lowest BCUT2D eigenvalue weighted by Crippen LogP contribution is -2.30. The van der Waals surface area contributed by atoms with E-state index in [0.29, 0.717) is 0 Å². The molecule has 0 spiro atoms. The number of benzene rings is 1. The first-order valence-electron chi connectivity index (χ1n) is 6.15. The third-order valence-electron chi connectivity index (χ3n) is 2.95. The molecule has 1 heterocycles. The number of nitrogens with two attached hydrogens (primary N) is 1. The van der Waals surface area contributed by atoms with Crippen molar-refractivity contribution in [2.75, 3.05) is 18.1 Å². The maximum Gasteiger partial charge on any atom is 0.127 e. The number of ether oxygens (including phenoxy) is 1. The van der Waals surface area contributed by atoms with E-state index in [1.54, 1.807) is 0 Å². The summed E-state index contributed by atoms with van der Waals surface area (Å²) in [6.07, 6.45) is 2.22. The number of hydrogen-bond donors (Lipinski definition) is 2. The van der Waals surface area contributed by atoms with Gasteiger partial charge in [0.25, 0.3) is 0 Å². The molecule has 0 aliphatic carbocycles. The Labute approximate surface area is 107 Å². The van der Waals surface area contributed by atoms with Crippen molar-refractivity contribution in [3.63, 3.8) is 0 Å². The summed E-state index contributed by atoms with van der Waals surface area (Å²) >= 11 is 1.93. The molecule has 4 heteroatoms. The highest BCUT2D eigenvalue weighted by atomic mass is 32.2. The van der Waals surface area contributed by atoms with Crippen molar-refractivity contribution in [1.29, 1.82) is 0 Å². The molecule has 1 aliphatic rings. The minimum Gasteiger partial charge on any atom is -0.493 e. The number of rotatable bonds is 6. The number of para-hydroxylation sites is 1. The predicted molar refractivity (Wildman–Crippen MR) is 73.3 cm³/mol. The standard InChI is InChI=1S/C13H20N2OS/c1-2-8-17-9-12(15-14)11-5-3-4-10-6-7-16-13(10)11/h3-5,12,15H,2,6-9,14H2,1H3. The van der Waals surface area contributed by atoms with Gasteiger partial charge in [-0.3, -0.25) is 11.3 Å². The van der Waals surface area contributed by atoms with Gasteiger partial charge in [0.15, 0.2) is 0 Å². The second kappa shape index (κ2) is 6.28. The predicted octanol–water partition coefficient (Wildman–Crippen LogP) is 2.27. The Morgan fingerprint density at radius 3 is 3.18 bits per heavy atom. The van der Waals surface area contributed by atoms with E-state index < -0.39 is 0 Å². The molecule has 94 valence electrons. The van der Waals surface area contributed by atoms with E-state index >= 15 is 0 Å². The Morgan fingerprint density at radius 1 is 1.53 bits per heavy atom. The van der Waals surface area contributed by atoms with Crippen molar-refractivity contribution in [2.24, 2.45) is 5.84 Å². The highest BCUT2D eigenvalue weighted by Gasteiger charge is 2.21. The first-order chi connectivity index (χ1) is 8.36. The van der Waals surface area contributed by atoms with Crippen LogP contribution >= 0.6 is 11.8 Å². The van der Waals surface area contributed by atoms with Crippen LogP contribution in [0.2, 0.25) is 0 Å². The van der Waals surface area contributed by atoms with Crippen LogP contribution in [-0.4, -0.2) is 18.1 Å². The van der Waals surface area contributed by atoms with Crippen LogP contribution in [0, 0.1) is 0 Å². The molecule has 3 nitrogen and oxygen atoms in total. The number of fused-ring (bicyclic) bond motifs is 1. The fourth-order valence-electron chi connectivity index (χ4n) is 2.09. The minimum absolute atomic E-state index is 0.180. The van der Waals surface area contributed by atoms with Crippen LogP contribution in [0.4, 0.5) is 0 Å². The van der Waals surface area contributed by atoms with E-state index in [1.165, 1.54) is 23.3 Å². The van der Waals surface area contributed by atoms with E-state index in [2.05, 4.69) is 30.5 Å². The summed E-state index contributed by atoms with van der Waals surface area (Å²) in [6.45, 7) is 2.99. The van der Waals surface area contributed by atoms with Crippen molar-refractivity contribution in [1.82, 2.24) is 5.43 Å². The van der Waals surface area contributed by atoms with Gasteiger partial charge >= 0.3 is 0 Å². The molecule has 0 bridgehead atoms. The zero-order valence-electron chi connectivity index (χ0n) is 10.2. The Hall–Kier alpha value is -0.710. The lowest BCUT2D eigenvalue weighted by molar-refractivity contribution is 0.350. The summed E-state index contributed by atoms with van der Waals surface area (Å²) in [5.41, 5.74) is 5.41. The van der Waals surface area contributed by atoms with Crippen molar-refractivity contribution in [3.05, 3.63) is 29.3 Å². The Morgan fingerprint density at radius 2 is 2.41 bits per heavy atom. The molecule has 1 aliphatic heterocycles. The van der Waals surface area contributed by atoms with Crippen molar-refractivity contribution in [3.8, 4) is 5.75 Å². The van der Waals surface area contributed by atoms with Gasteiger partial charge in [0.2, 0.25) is 0 Å². The van der Waals surface area contributed by atoms with Crippen LogP contribution in [0.5, 0.6) is 5.75 Å². The molecule has 17 heavy (non-hydrogen) atoms. The zero-order valence-corrected chi connectivity index (χ0v) is 11.1. The quantitative estimate of drug-likeness (QED) is 0.463. The molecule has 0 aromatic heterocycles. The van der Waals surface area contributed by atoms with Gasteiger partial charge < -0.3 is 4.74 Å². The third-order valence-corrected chi connectivity index (χ3v) is 4.22. The number of thioether (sulfide) groups is 1. The lowest BCUT2D eigenvalue weighted by atomic mass is 10.0. The smallest absolute Gasteiger partial charge is 0.127 e. The highest BCUT2D eigenvalue weighted by molar-refractivity contribution is 7.99. The van der Waals surface area contributed by atoms with Crippen molar-refractivity contribution >= 4 is 11.8 Å². The lowest BCUT2D eigenvalue weighted by Gasteiger charge is -2.18. The Balaban J connectivity index is 2.11. The zero-order chi connectivity index (χ0) is 12.1. The van der Waals surface area contributed by atoms with Crippen LogP contribution in [0.25, 0.3) is 0 Å². The first kappa shape index (κ1) is 12.7. The number of hydrazine groups is 1. The maximum absolute atomic E-state index is 5.71. The van der Waals surface area contributed by atoms with Gasteiger partial charge in [-0.05, 0) is 17.7 Å². The maximum atomic E-state index is 5.71.